The molecule has 8 nitrogen and oxygen atoms in total. The number of amides is 3. The first-order valence-electron chi connectivity index (χ1n) is 11.5. The van der Waals surface area contributed by atoms with Crippen LogP contribution in [0.2, 0.25) is 0 Å². The summed E-state index contributed by atoms with van der Waals surface area (Å²) < 4.78 is 10.2. The monoisotopic (exact) mass is 467 g/mol. The number of carbonyl (C=O) groups excluding carboxylic acids is 3. The lowest BCUT2D eigenvalue weighted by molar-refractivity contribution is -0.124. The molecule has 34 heavy (non-hydrogen) atoms. The van der Waals surface area contributed by atoms with Crippen LogP contribution < -0.4 is 15.4 Å². The Morgan fingerprint density at radius 1 is 0.971 bits per heavy atom. The van der Waals surface area contributed by atoms with Crippen molar-refractivity contribution in [3.05, 3.63) is 65.2 Å². The summed E-state index contributed by atoms with van der Waals surface area (Å²) >= 11 is 0. The summed E-state index contributed by atoms with van der Waals surface area (Å²) in [5.74, 6) is -0.0282. The number of hydrogen-bond donors (Lipinski definition) is 2. The third-order valence-electron chi connectivity index (χ3n) is 6.12. The SMILES string of the molecule is COCCNC(=O)[C@@H](NC(=O)c1ccc(OC)cc1)C1CCN(C(=O)c2ccc(C)cc2)CC1. The van der Waals surface area contributed by atoms with E-state index >= 15 is 0 Å². The summed E-state index contributed by atoms with van der Waals surface area (Å²) in [4.78, 5) is 40.5. The van der Waals surface area contributed by atoms with Crippen molar-refractivity contribution in [3.8, 4) is 5.75 Å². The van der Waals surface area contributed by atoms with Gasteiger partial charge in [0.1, 0.15) is 11.8 Å². The van der Waals surface area contributed by atoms with Crippen LogP contribution in [-0.2, 0) is 9.53 Å². The van der Waals surface area contributed by atoms with Gasteiger partial charge in [0.05, 0.1) is 13.7 Å². The lowest BCUT2D eigenvalue weighted by Gasteiger charge is -2.36. The van der Waals surface area contributed by atoms with Crippen molar-refractivity contribution in [2.24, 2.45) is 5.92 Å². The summed E-state index contributed by atoms with van der Waals surface area (Å²) in [5.41, 5.74) is 2.21. The van der Waals surface area contributed by atoms with Crippen molar-refractivity contribution in [1.29, 1.82) is 0 Å². The molecule has 2 N–H and O–H groups in total. The van der Waals surface area contributed by atoms with E-state index in [4.69, 9.17) is 9.47 Å². The Labute approximate surface area is 200 Å². The van der Waals surface area contributed by atoms with Gasteiger partial charge in [0.25, 0.3) is 11.8 Å². The standard InChI is InChI=1S/C26H33N3O5/c1-18-4-6-21(7-5-18)26(32)29-15-12-19(13-16-29)23(25(31)27-14-17-33-2)28-24(30)20-8-10-22(34-3)11-9-20/h4-11,19,23H,12-17H2,1-3H3,(H,27,31)(H,28,30)/t23-/m0/s1. The molecule has 0 unspecified atom stereocenters. The van der Waals surface area contributed by atoms with Gasteiger partial charge in [-0.3, -0.25) is 14.4 Å². The zero-order chi connectivity index (χ0) is 24.5. The molecule has 1 atom stereocenters. The minimum Gasteiger partial charge on any atom is -0.497 e. The molecule has 182 valence electrons. The van der Waals surface area contributed by atoms with Gasteiger partial charge < -0.3 is 25.0 Å². The largest absolute Gasteiger partial charge is 0.497 e. The van der Waals surface area contributed by atoms with Crippen LogP contribution in [0.4, 0.5) is 0 Å². The molecule has 1 saturated heterocycles. The number of nitrogens with zero attached hydrogens (tertiary/aromatic N) is 1. The zero-order valence-electron chi connectivity index (χ0n) is 20.0. The Bertz CT molecular complexity index is 967. The lowest BCUT2D eigenvalue weighted by atomic mass is 9.88. The van der Waals surface area contributed by atoms with Gasteiger partial charge in [-0.2, -0.15) is 0 Å². The van der Waals surface area contributed by atoms with Crippen LogP contribution in [0.1, 0.15) is 39.1 Å². The van der Waals surface area contributed by atoms with Crippen molar-refractivity contribution >= 4 is 17.7 Å². The van der Waals surface area contributed by atoms with Gasteiger partial charge in [-0.1, -0.05) is 17.7 Å². The van der Waals surface area contributed by atoms with E-state index in [1.54, 1.807) is 38.5 Å². The second kappa shape index (κ2) is 12.2. The van der Waals surface area contributed by atoms with Crippen molar-refractivity contribution in [1.82, 2.24) is 15.5 Å². The number of methoxy groups -OCH3 is 2. The molecule has 2 aromatic rings. The Hall–Kier alpha value is -3.39. The Balaban J connectivity index is 1.66. The van der Waals surface area contributed by atoms with Crippen LogP contribution in [0, 0.1) is 12.8 Å². The van der Waals surface area contributed by atoms with Gasteiger partial charge in [-0.25, -0.2) is 0 Å². The fraction of sp³-hybridized carbons (Fsp3) is 0.423. The lowest BCUT2D eigenvalue weighted by Crippen LogP contribution is -2.54. The van der Waals surface area contributed by atoms with Gasteiger partial charge in [-0.05, 0) is 62.1 Å². The molecule has 0 bridgehead atoms. The third kappa shape index (κ3) is 6.57. The highest BCUT2D eigenvalue weighted by Crippen LogP contribution is 2.23. The number of piperidine rings is 1. The summed E-state index contributed by atoms with van der Waals surface area (Å²) in [6.45, 7) is 3.77. The highest BCUT2D eigenvalue weighted by molar-refractivity contribution is 5.98. The second-order valence-electron chi connectivity index (χ2n) is 8.46. The first-order valence-corrected chi connectivity index (χ1v) is 11.5. The number of hydrogen-bond acceptors (Lipinski definition) is 5. The molecule has 1 aliphatic heterocycles. The Morgan fingerprint density at radius 2 is 1.59 bits per heavy atom. The van der Waals surface area contributed by atoms with Crippen molar-refractivity contribution in [3.63, 3.8) is 0 Å². The molecule has 0 aliphatic carbocycles. The molecule has 0 spiro atoms. The second-order valence-corrected chi connectivity index (χ2v) is 8.46. The summed E-state index contributed by atoms with van der Waals surface area (Å²) in [6.07, 6.45) is 1.23. The van der Waals surface area contributed by atoms with Crippen LogP contribution >= 0.6 is 0 Å². The average Bonchev–Trinajstić information content (AvgIpc) is 2.87. The molecule has 1 heterocycles. The van der Waals surface area contributed by atoms with E-state index in [0.29, 0.717) is 56.0 Å². The molecule has 1 fully saturated rings. The third-order valence-corrected chi connectivity index (χ3v) is 6.12. The van der Waals surface area contributed by atoms with Crippen molar-refractivity contribution in [2.45, 2.75) is 25.8 Å². The van der Waals surface area contributed by atoms with E-state index in [-0.39, 0.29) is 23.6 Å². The highest BCUT2D eigenvalue weighted by atomic mass is 16.5. The van der Waals surface area contributed by atoms with Crippen LogP contribution in [0.15, 0.2) is 48.5 Å². The van der Waals surface area contributed by atoms with Gasteiger partial charge in [0, 0.05) is 37.9 Å². The molecule has 8 heteroatoms. The van der Waals surface area contributed by atoms with Crippen LogP contribution in [0.3, 0.4) is 0 Å². The minimum absolute atomic E-state index is 0.0122. The highest BCUT2D eigenvalue weighted by Gasteiger charge is 2.34. The molecular formula is C26H33N3O5. The van der Waals surface area contributed by atoms with Crippen LogP contribution in [0.25, 0.3) is 0 Å². The molecule has 1 aliphatic rings. The fourth-order valence-corrected chi connectivity index (χ4v) is 4.07. The molecule has 0 radical (unpaired) electrons. The van der Waals surface area contributed by atoms with E-state index in [1.165, 1.54) is 0 Å². The average molecular weight is 468 g/mol. The van der Waals surface area contributed by atoms with E-state index in [0.717, 1.165) is 5.56 Å². The number of rotatable bonds is 9. The maximum atomic E-state index is 13.0. The molecular weight excluding hydrogens is 434 g/mol. The predicted molar refractivity (Wildman–Crippen MR) is 129 cm³/mol. The van der Waals surface area contributed by atoms with Crippen molar-refractivity contribution < 1.29 is 23.9 Å². The summed E-state index contributed by atoms with van der Waals surface area (Å²) in [6, 6.07) is 13.6. The number of nitrogens with one attached hydrogen (secondary N) is 2. The number of carbonyl (C=O) groups is 3. The topological polar surface area (TPSA) is 97.0 Å². The zero-order valence-corrected chi connectivity index (χ0v) is 20.0. The number of benzene rings is 2. The summed E-state index contributed by atoms with van der Waals surface area (Å²) in [5, 5.41) is 5.76. The number of aryl methyl sites for hydroxylation is 1. The van der Waals surface area contributed by atoms with Crippen molar-refractivity contribution in [2.75, 3.05) is 40.5 Å². The first-order chi connectivity index (χ1) is 16.4. The van der Waals surface area contributed by atoms with Gasteiger partial charge in [-0.15, -0.1) is 0 Å². The Morgan fingerprint density at radius 3 is 2.18 bits per heavy atom. The Kier molecular flexibility index (Phi) is 9.04. The molecule has 0 saturated carbocycles. The van der Waals surface area contributed by atoms with E-state index in [9.17, 15) is 14.4 Å². The normalized spacial score (nSPS) is 14.9. The summed E-state index contributed by atoms with van der Waals surface area (Å²) in [7, 11) is 3.13. The smallest absolute Gasteiger partial charge is 0.253 e. The van der Waals surface area contributed by atoms with Crippen LogP contribution in [-0.4, -0.2) is 69.1 Å². The molecule has 3 rings (SSSR count). The first kappa shape index (κ1) is 25.2. The van der Waals surface area contributed by atoms with E-state index in [2.05, 4.69) is 10.6 Å². The molecule has 2 aromatic carbocycles. The number of ether oxygens (including phenoxy) is 2. The maximum absolute atomic E-state index is 13.0. The van der Waals surface area contributed by atoms with Gasteiger partial charge >= 0.3 is 0 Å². The van der Waals surface area contributed by atoms with E-state index in [1.807, 2.05) is 36.1 Å². The molecule has 0 aromatic heterocycles. The maximum Gasteiger partial charge on any atom is 0.253 e. The number of likely N-dealkylation sites (tertiary alicyclic amines) is 1. The van der Waals surface area contributed by atoms with Crippen LogP contribution in [0.5, 0.6) is 5.75 Å². The fourth-order valence-electron chi connectivity index (χ4n) is 4.07. The predicted octanol–water partition coefficient (Wildman–Crippen LogP) is 2.42. The molecule has 3 amide bonds. The van der Waals surface area contributed by atoms with E-state index < -0.39 is 6.04 Å². The van der Waals surface area contributed by atoms with Gasteiger partial charge in [0.2, 0.25) is 5.91 Å². The van der Waals surface area contributed by atoms with Gasteiger partial charge in [0.15, 0.2) is 0 Å². The quantitative estimate of drug-likeness (QED) is 0.552. The minimum atomic E-state index is -0.705.